The van der Waals surface area contributed by atoms with Crippen molar-refractivity contribution in [3.63, 3.8) is 0 Å². The minimum atomic E-state index is 0. The number of hydrogen-bond donors (Lipinski definition) is 1. The number of rotatable bonds is 6. The summed E-state index contributed by atoms with van der Waals surface area (Å²) >= 11 is 0. The van der Waals surface area contributed by atoms with Crippen LogP contribution in [0.15, 0.2) is 35.3 Å². The van der Waals surface area contributed by atoms with E-state index in [0.717, 1.165) is 37.4 Å². The van der Waals surface area contributed by atoms with Gasteiger partial charge in [0.1, 0.15) is 0 Å². The summed E-state index contributed by atoms with van der Waals surface area (Å²) in [5, 5.41) is 3.60. The average Bonchev–Trinajstić information content (AvgIpc) is 3.26. The highest BCUT2D eigenvalue weighted by Crippen LogP contribution is 2.46. The molecule has 3 unspecified atom stereocenters. The van der Waals surface area contributed by atoms with Crippen LogP contribution in [0.5, 0.6) is 0 Å². The molecule has 1 aliphatic heterocycles. The summed E-state index contributed by atoms with van der Waals surface area (Å²) in [6.45, 7) is 6.77. The summed E-state index contributed by atoms with van der Waals surface area (Å²) in [7, 11) is 4.07. The van der Waals surface area contributed by atoms with Gasteiger partial charge >= 0.3 is 0 Å². The summed E-state index contributed by atoms with van der Waals surface area (Å²) in [5.41, 5.74) is 1.48. The van der Waals surface area contributed by atoms with E-state index in [4.69, 9.17) is 0 Å². The molecule has 0 spiro atoms. The van der Waals surface area contributed by atoms with E-state index in [0.29, 0.717) is 6.04 Å². The van der Waals surface area contributed by atoms with Crippen molar-refractivity contribution in [3.8, 4) is 0 Å². The van der Waals surface area contributed by atoms with E-state index in [1.807, 2.05) is 7.05 Å². The Morgan fingerprint density at radius 3 is 2.76 bits per heavy atom. The van der Waals surface area contributed by atoms with Crippen molar-refractivity contribution in [2.75, 3.05) is 40.3 Å². The van der Waals surface area contributed by atoms with Crippen LogP contribution in [0.25, 0.3) is 0 Å². The zero-order chi connectivity index (χ0) is 16.9. The SMILES string of the molecule is CCN1CCCC1CN(C)C(=NC)NCC1CC1c1ccccc1.I. The Balaban J connectivity index is 0.00000225. The molecule has 3 rings (SSSR count). The van der Waals surface area contributed by atoms with Crippen LogP contribution < -0.4 is 5.32 Å². The topological polar surface area (TPSA) is 30.9 Å². The monoisotopic (exact) mass is 456 g/mol. The van der Waals surface area contributed by atoms with E-state index in [-0.39, 0.29) is 24.0 Å². The molecule has 25 heavy (non-hydrogen) atoms. The van der Waals surface area contributed by atoms with Gasteiger partial charge in [-0.1, -0.05) is 37.3 Å². The molecule has 0 bridgehead atoms. The standard InChI is InChI=1S/C20H32N4.HI/c1-4-24-12-8-11-18(24)15-23(3)20(21-2)22-14-17-13-19(17)16-9-6-5-7-10-16;/h5-7,9-10,17-19H,4,8,11-15H2,1-3H3,(H,21,22);1H. The Labute approximate surface area is 170 Å². The lowest BCUT2D eigenvalue weighted by Gasteiger charge is -2.29. The first-order chi connectivity index (χ1) is 11.7. The van der Waals surface area contributed by atoms with Crippen LogP contribution >= 0.6 is 24.0 Å². The maximum Gasteiger partial charge on any atom is 0.193 e. The summed E-state index contributed by atoms with van der Waals surface area (Å²) in [6, 6.07) is 11.6. The van der Waals surface area contributed by atoms with Gasteiger partial charge in [-0.2, -0.15) is 0 Å². The maximum absolute atomic E-state index is 4.49. The number of guanidine groups is 1. The number of hydrogen-bond acceptors (Lipinski definition) is 2. The third-order valence-electron chi connectivity index (χ3n) is 5.64. The largest absolute Gasteiger partial charge is 0.356 e. The molecule has 4 nitrogen and oxygen atoms in total. The molecule has 0 radical (unpaired) electrons. The Hall–Kier alpha value is -0.820. The van der Waals surface area contributed by atoms with Gasteiger partial charge in [-0.15, -0.1) is 24.0 Å². The molecule has 2 aliphatic rings. The average molecular weight is 456 g/mol. The molecule has 5 heteroatoms. The summed E-state index contributed by atoms with van der Waals surface area (Å²) in [6.07, 6.45) is 3.94. The van der Waals surface area contributed by atoms with Gasteiger partial charge in [0, 0.05) is 33.2 Å². The van der Waals surface area contributed by atoms with Crippen molar-refractivity contribution < 1.29 is 0 Å². The maximum atomic E-state index is 4.49. The molecule has 1 aromatic carbocycles. The Bertz CT molecular complexity index is 548. The fraction of sp³-hybridized carbons (Fsp3) is 0.650. The van der Waals surface area contributed by atoms with Gasteiger partial charge in [-0.3, -0.25) is 9.89 Å². The molecule has 140 valence electrons. The molecule has 1 N–H and O–H groups in total. The van der Waals surface area contributed by atoms with E-state index in [1.54, 1.807) is 0 Å². The van der Waals surface area contributed by atoms with Crippen molar-refractivity contribution in [1.29, 1.82) is 0 Å². The number of aliphatic imine (C=N–C) groups is 1. The third-order valence-corrected chi connectivity index (χ3v) is 5.64. The molecule has 1 saturated heterocycles. The molecule has 1 aliphatic carbocycles. The van der Waals surface area contributed by atoms with Crippen molar-refractivity contribution in [3.05, 3.63) is 35.9 Å². The highest BCUT2D eigenvalue weighted by Gasteiger charge is 2.38. The molecule has 1 saturated carbocycles. The second-order valence-electron chi connectivity index (χ2n) is 7.25. The second kappa shape index (κ2) is 9.76. The molecular weight excluding hydrogens is 423 g/mol. The fourth-order valence-electron chi connectivity index (χ4n) is 4.11. The van der Waals surface area contributed by atoms with Gasteiger partial charge in [0.25, 0.3) is 0 Å². The minimum absolute atomic E-state index is 0. The summed E-state index contributed by atoms with van der Waals surface area (Å²) in [5.74, 6) is 2.51. The smallest absolute Gasteiger partial charge is 0.193 e. The Kier molecular flexibility index (Phi) is 8.00. The van der Waals surface area contributed by atoms with Crippen molar-refractivity contribution in [2.45, 2.75) is 38.1 Å². The van der Waals surface area contributed by atoms with Gasteiger partial charge in [-0.25, -0.2) is 0 Å². The van der Waals surface area contributed by atoms with E-state index >= 15 is 0 Å². The van der Waals surface area contributed by atoms with E-state index in [2.05, 4.69) is 64.4 Å². The highest BCUT2D eigenvalue weighted by molar-refractivity contribution is 14.0. The number of nitrogens with one attached hydrogen (secondary N) is 1. The van der Waals surface area contributed by atoms with Crippen LogP contribution in [0, 0.1) is 5.92 Å². The molecule has 0 amide bonds. The normalized spacial score (nSPS) is 26.2. The summed E-state index contributed by atoms with van der Waals surface area (Å²) in [4.78, 5) is 9.39. The third kappa shape index (κ3) is 5.33. The first-order valence-electron chi connectivity index (χ1n) is 9.43. The van der Waals surface area contributed by atoms with Crippen LogP contribution in [0.1, 0.15) is 37.7 Å². The first-order valence-corrected chi connectivity index (χ1v) is 9.43. The number of likely N-dealkylation sites (N-methyl/N-ethyl adjacent to an activating group) is 2. The molecule has 0 aromatic heterocycles. The number of nitrogens with zero attached hydrogens (tertiary/aromatic N) is 3. The Morgan fingerprint density at radius 2 is 2.08 bits per heavy atom. The lowest BCUT2D eigenvalue weighted by molar-refractivity contribution is 0.232. The van der Waals surface area contributed by atoms with Crippen LogP contribution in [-0.4, -0.2) is 62.1 Å². The predicted molar refractivity (Wildman–Crippen MR) is 117 cm³/mol. The van der Waals surface area contributed by atoms with Crippen LogP contribution in [0.3, 0.4) is 0 Å². The molecular formula is C20H33IN4. The highest BCUT2D eigenvalue weighted by atomic mass is 127. The van der Waals surface area contributed by atoms with Crippen molar-refractivity contribution in [1.82, 2.24) is 15.1 Å². The Morgan fingerprint density at radius 1 is 1.32 bits per heavy atom. The lowest BCUT2D eigenvalue weighted by Crippen LogP contribution is -2.46. The van der Waals surface area contributed by atoms with Gasteiger partial charge in [0.2, 0.25) is 0 Å². The van der Waals surface area contributed by atoms with Gasteiger partial charge < -0.3 is 10.2 Å². The van der Waals surface area contributed by atoms with Crippen molar-refractivity contribution in [2.24, 2.45) is 10.9 Å². The molecule has 3 atom stereocenters. The zero-order valence-corrected chi connectivity index (χ0v) is 18.1. The van der Waals surface area contributed by atoms with Crippen LogP contribution in [0.2, 0.25) is 0 Å². The van der Waals surface area contributed by atoms with Crippen LogP contribution in [0.4, 0.5) is 0 Å². The second-order valence-corrected chi connectivity index (χ2v) is 7.25. The molecule has 1 aromatic rings. The van der Waals surface area contributed by atoms with E-state index in [1.165, 1.54) is 31.4 Å². The molecule has 2 fully saturated rings. The number of likely N-dealkylation sites (tertiary alicyclic amines) is 1. The lowest BCUT2D eigenvalue weighted by atomic mass is 10.1. The number of halogens is 1. The number of benzene rings is 1. The summed E-state index contributed by atoms with van der Waals surface area (Å²) < 4.78 is 0. The predicted octanol–water partition coefficient (Wildman–Crippen LogP) is 3.40. The quantitative estimate of drug-likeness (QED) is 0.405. The minimum Gasteiger partial charge on any atom is -0.356 e. The first kappa shape index (κ1) is 20.5. The van der Waals surface area contributed by atoms with Gasteiger partial charge in [-0.05, 0) is 49.8 Å². The van der Waals surface area contributed by atoms with E-state index in [9.17, 15) is 0 Å². The van der Waals surface area contributed by atoms with Gasteiger partial charge in [0.05, 0.1) is 0 Å². The van der Waals surface area contributed by atoms with E-state index < -0.39 is 0 Å². The van der Waals surface area contributed by atoms with Crippen molar-refractivity contribution >= 4 is 29.9 Å². The molecule has 1 heterocycles. The van der Waals surface area contributed by atoms with Gasteiger partial charge in [0.15, 0.2) is 5.96 Å². The van der Waals surface area contributed by atoms with Crippen LogP contribution in [-0.2, 0) is 0 Å². The fourth-order valence-corrected chi connectivity index (χ4v) is 4.11. The zero-order valence-electron chi connectivity index (χ0n) is 15.8.